The van der Waals surface area contributed by atoms with Crippen LogP contribution >= 0.6 is 7.82 Å². The van der Waals surface area contributed by atoms with Crippen LogP contribution in [-0.2, 0) is 37.5 Å². The Morgan fingerprint density at radius 3 is 1.52 bits per heavy atom. The van der Waals surface area contributed by atoms with Crippen molar-refractivity contribution in [3.63, 3.8) is 0 Å². The molecule has 0 aliphatic rings. The molecule has 0 amide bonds. The zero-order chi connectivity index (χ0) is 44.5. The largest absolute Gasteiger partial charge is 0.480 e. The van der Waals surface area contributed by atoms with Crippen molar-refractivity contribution in [2.45, 2.75) is 205 Å². The van der Waals surface area contributed by atoms with Gasteiger partial charge in [0.25, 0.3) is 0 Å². The van der Waals surface area contributed by atoms with Crippen LogP contribution in [0.4, 0.5) is 0 Å². The molecule has 0 rings (SSSR count). The first kappa shape index (κ1) is 57.4. The second-order valence-electron chi connectivity index (χ2n) is 15.6. The monoisotopic (exact) mass is 872 g/mol. The summed E-state index contributed by atoms with van der Waals surface area (Å²) >= 11 is 0. The molecular formula is C46H82NO12P. The normalized spacial score (nSPS) is 15.2. The van der Waals surface area contributed by atoms with Gasteiger partial charge in [-0.3, -0.25) is 23.4 Å². The number of aliphatic hydroxyl groups is 2. The number of phosphoric acid groups is 1. The lowest BCUT2D eigenvalue weighted by atomic mass is 10.0. The number of carboxylic acid groups (broad SMARTS) is 1. The van der Waals surface area contributed by atoms with Crippen molar-refractivity contribution >= 4 is 25.7 Å². The summed E-state index contributed by atoms with van der Waals surface area (Å²) in [4.78, 5) is 46.0. The van der Waals surface area contributed by atoms with Gasteiger partial charge in [0.15, 0.2) is 6.10 Å². The lowest BCUT2D eigenvalue weighted by molar-refractivity contribution is -0.161. The molecule has 0 fully saturated rings. The van der Waals surface area contributed by atoms with Gasteiger partial charge in [0.05, 0.1) is 25.4 Å². The highest BCUT2D eigenvalue weighted by Crippen LogP contribution is 2.43. The molecule has 0 aliphatic carbocycles. The molecule has 1 unspecified atom stereocenters. The number of carboxylic acids is 1. The van der Waals surface area contributed by atoms with E-state index in [1.165, 1.54) is 83.5 Å². The number of phosphoric ester groups is 1. The fourth-order valence-corrected chi connectivity index (χ4v) is 6.88. The van der Waals surface area contributed by atoms with Gasteiger partial charge in [-0.1, -0.05) is 184 Å². The zero-order valence-electron chi connectivity index (χ0n) is 37.0. The van der Waals surface area contributed by atoms with Gasteiger partial charge in [-0.2, -0.15) is 0 Å². The van der Waals surface area contributed by atoms with Gasteiger partial charge in [0.1, 0.15) is 12.6 Å². The van der Waals surface area contributed by atoms with Crippen LogP contribution in [0.15, 0.2) is 48.6 Å². The van der Waals surface area contributed by atoms with Crippen LogP contribution in [0, 0.1) is 0 Å². The van der Waals surface area contributed by atoms with Crippen LogP contribution in [0.1, 0.15) is 181 Å². The molecule has 348 valence electrons. The second-order valence-corrected chi connectivity index (χ2v) is 17.0. The van der Waals surface area contributed by atoms with E-state index >= 15 is 0 Å². The molecule has 0 radical (unpaired) electrons. The van der Waals surface area contributed by atoms with Crippen LogP contribution in [0.5, 0.6) is 0 Å². The van der Waals surface area contributed by atoms with Crippen molar-refractivity contribution in [2.24, 2.45) is 5.73 Å². The van der Waals surface area contributed by atoms with Crippen molar-refractivity contribution in [3.05, 3.63) is 48.6 Å². The van der Waals surface area contributed by atoms with Crippen molar-refractivity contribution in [2.75, 3.05) is 19.8 Å². The lowest BCUT2D eigenvalue weighted by Crippen LogP contribution is -2.34. The third-order valence-electron chi connectivity index (χ3n) is 9.79. The molecule has 14 heteroatoms. The maximum absolute atomic E-state index is 12.6. The van der Waals surface area contributed by atoms with Crippen LogP contribution in [-0.4, -0.2) is 82.3 Å². The SMILES string of the molecule is CCCCCCCCCCCCCCCCCCCC(=O)OC[C@H](COP(=O)(O)OC[C@H](N)C(=O)O)OC(=O)CCC[C@H](O)/C=C/C=C\C/C=C\C=C\[C@H](O)CCCCC. The summed E-state index contributed by atoms with van der Waals surface area (Å²) < 4.78 is 32.6. The summed E-state index contributed by atoms with van der Waals surface area (Å²) in [5, 5.41) is 29.1. The molecule has 6 N–H and O–H groups in total. The summed E-state index contributed by atoms with van der Waals surface area (Å²) in [6.45, 7) is 2.48. The molecular weight excluding hydrogens is 789 g/mol. The number of aliphatic hydroxyl groups excluding tert-OH is 2. The van der Waals surface area contributed by atoms with Gasteiger partial charge in [0.2, 0.25) is 0 Å². The number of nitrogens with two attached hydrogens (primary N) is 1. The predicted molar refractivity (Wildman–Crippen MR) is 238 cm³/mol. The Morgan fingerprint density at radius 1 is 0.583 bits per heavy atom. The minimum Gasteiger partial charge on any atom is -0.480 e. The Balaban J connectivity index is 4.55. The number of rotatable bonds is 42. The van der Waals surface area contributed by atoms with Crippen molar-refractivity contribution in [1.82, 2.24) is 0 Å². The minimum absolute atomic E-state index is 0.0865. The molecule has 0 aromatic rings. The number of allylic oxidation sites excluding steroid dienone is 6. The first-order valence-corrected chi connectivity index (χ1v) is 24.4. The average molecular weight is 872 g/mol. The van der Waals surface area contributed by atoms with Gasteiger partial charge in [-0.05, 0) is 32.1 Å². The maximum Gasteiger partial charge on any atom is 0.472 e. The van der Waals surface area contributed by atoms with E-state index in [2.05, 4.69) is 18.4 Å². The fourth-order valence-electron chi connectivity index (χ4n) is 6.10. The summed E-state index contributed by atoms with van der Waals surface area (Å²) in [5.74, 6) is -2.63. The van der Waals surface area contributed by atoms with Gasteiger partial charge >= 0.3 is 25.7 Å². The van der Waals surface area contributed by atoms with E-state index in [9.17, 15) is 34.1 Å². The number of carbonyl (C=O) groups excluding carboxylic acids is 2. The second kappa shape index (κ2) is 40.4. The summed E-state index contributed by atoms with van der Waals surface area (Å²) in [6, 6.07) is -1.56. The van der Waals surface area contributed by atoms with E-state index in [-0.39, 0.29) is 25.7 Å². The summed E-state index contributed by atoms with van der Waals surface area (Å²) in [5.41, 5.74) is 5.32. The third kappa shape index (κ3) is 39.5. The number of unbranched alkanes of at least 4 members (excludes halogenated alkanes) is 18. The molecule has 5 atom stereocenters. The highest BCUT2D eigenvalue weighted by Gasteiger charge is 2.28. The third-order valence-corrected chi connectivity index (χ3v) is 10.7. The van der Waals surface area contributed by atoms with Crippen molar-refractivity contribution < 1.29 is 57.7 Å². The summed E-state index contributed by atoms with van der Waals surface area (Å²) in [6.07, 6.45) is 38.2. The Hall–Kier alpha value is -2.64. The molecule has 0 saturated heterocycles. The molecule has 0 heterocycles. The molecule has 0 aromatic heterocycles. The highest BCUT2D eigenvalue weighted by atomic mass is 31.2. The van der Waals surface area contributed by atoms with Gasteiger partial charge in [-0.15, -0.1) is 0 Å². The molecule has 0 aliphatic heterocycles. The summed E-state index contributed by atoms with van der Waals surface area (Å²) in [7, 11) is -4.78. The lowest BCUT2D eigenvalue weighted by Gasteiger charge is -2.20. The van der Waals surface area contributed by atoms with Crippen molar-refractivity contribution in [3.8, 4) is 0 Å². The minimum atomic E-state index is -4.78. The van der Waals surface area contributed by atoms with Gasteiger partial charge < -0.3 is 35.4 Å². The van der Waals surface area contributed by atoms with Crippen LogP contribution < -0.4 is 5.73 Å². The Kier molecular flexibility index (Phi) is 38.7. The number of aliphatic carboxylic acids is 1. The zero-order valence-corrected chi connectivity index (χ0v) is 37.9. The van der Waals surface area contributed by atoms with Crippen LogP contribution in [0.3, 0.4) is 0 Å². The topological polar surface area (TPSA) is 212 Å². The number of ether oxygens (including phenoxy) is 2. The van der Waals surface area contributed by atoms with E-state index in [0.717, 1.165) is 44.9 Å². The van der Waals surface area contributed by atoms with Crippen LogP contribution in [0.2, 0.25) is 0 Å². The molecule has 0 saturated carbocycles. The van der Waals surface area contributed by atoms with E-state index < -0.39 is 69.9 Å². The van der Waals surface area contributed by atoms with E-state index in [4.69, 9.17) is 24.8 Å². The molecule has 60 heavy (non-hydrogen) atoms. The van der Waals surface area contributed by atoms with E-state index in [1.54, 1.807) is 24.3 Å². The first-order chi connectivity index (χ1) is 28.9. The predicted octanol–water partition coefficient (Wildman–Crippen LogP) is 10.1. The van der Waals surface area contributed by atoms with Gasteiger partial charge in [-0.25, -0.2) is 4.57 Å². The highest BCUT2D eigenvalue weighted by molar-refractivity contribution is 7.47. The average Bonchev–Trinajstić information content (AvgIpc) is 3.21. The van der Waals surface area contributed by atoms with Gasteiger partial charge in [0, 0.05) is 12.8 Å². The molecule has 0 bridgehead atoms. The van der Waals surface area contributed by atoms with E-state index in [1.807, 2.05) is 24.3 Å². The molecule has 0 aromatic carbocycles. The maximum atomic E-state index is 12.6. The number of hydrogen-bond acceptors (Lipinski definition) is 11. The van der Waals surface area contributed by atoms with Crippen LogP contribution in [0.25, 0.3) is 0 Å². The number of carbonyl (C=O) groups is 3. The molecule has 0 spiro atoms. The first-order valence-electron chi connectivity index (χ1n) is 22.9. The Bertz CT molecular complexity index is 1240. The van der Waals surface area contributed by atoms with E-state index in [0.29, 0.717) is 12.8 Å². The quantitative estimate of drug-likeness (QED) is 0.0167. The standard InChI is InChI=1S/C46H82NO12P/c1-3-5-7-8-9-10-11-12-13-14-15-16-17-18-22-25-29-35-44(50)56-37-42(38-57-60(54,55)58-39-43(47)46(52)53)59-45(51)36-30-34-41(49)33-28-24-21-19-20-23-27-32-40(48)31-26-6-4-2/h20-21,23-24,27-28,32-33,40-43,48-49H,3-19,22,25-26,29-31,34-39,47H2,1-2H3,(H,52,53)(H,54,55)/b23-20-,24-21-,32-27+,33-28+/t40-,41-,42-,43+/m1/s1. The smallest absolute Gasteiger partial charge is 0.472 e. The Morgan fingerprint density at radius 2 is 1.02 bits per heavy atom. The van der Waals surface area contributed by atoms with Crippen molar-refractivity contribution in [1.29, 1.82) is 0 Å². The number of hydrogen-bond donors (Lipinski definition) is 5. The fraction of sp³-hybridized carbons (Fsp3) is 0.761. The Labute approximate surface area is 361 Å². The number of esters is 2. The molecule has 13 nitrogen and oxygen atoms in total.